The molecule has 1 saturated heterocycles. The summed E-state index contributed by atoms with van der Waals surface area (Å²) < 4.78 is 0. The SMILES string of the molecule is CC(=O)NC(C(=O)N1CCCC1C(N)=O)C(C)(C)C.CO.Cc1ncsc1-c1ccc2c(c1)CCC2. The van der Waals surface area contributed by atoms with Crippen molar-refractivity contribution in [1.82, 2.24) is 15.2 Å². The number of thiazole rings is 1. The van der Waals surface area contributed by atoms with Crippen LogP contribution in [0.15, 0.2) is 23.7 Å². The molecule has 2 aliphatic rings. The summed E-state index contributed by atoms with van der Waals surface area (Å²) in [6.45, 7) is 9.60. The molecule has 1 aromatic heterocycles. The van der Waals surface area contributed by atoms with Crippen molar-refractivity contribution in [2.45, 2.75) is 78.8 Å². The third-order valence-corrected chi connectivity index (χ3v) is 7.41. The molecule has 9 heteroatoms. The average Bonchev–Trinajstić information content (AvgIpc) is 3.57. The number of carbonyl (C=O) groups is 3. The van der Waals surface area contributed by atoms with Crippen molar-refractivity contribution in [2.24, 2.45) is 11.1 Å². The Morgan fingerprint density at radius 3 is 2.39 bits per heavy atom. The highest BCUT2D eigenvalue weighted by Crippen LogP contribution is 2.31. The molecular formula is C27H40N4O4S. The summed E-state index contributed by atoms with van der Waals surface area (Å²) in [5.41, 5.74) is 12.4. The van der Waals surface area contributed by atoms with Gasteiger partial charge in [0, 0.05) is 20.6 Å². The first-order chi connectivity index (χ1) is 17.0. The molecule has 4 rings (SSSR count). The lowest BCUT2D eigenvalue weighted by atomic mass is 9.85. The van der Waals surface area contributed by atoms with Gasteiger partial charge in [-0.1, -0.05) is 39.0 Å². The maximum Gasteiger partial charge on any atom is 0.246 e. The zero-order valence-corrected chi connectivity index (χ0v) is 23.1. The van der Waals surface area contributed by atoms with E-state index in [1.165, 1.54) is 41.5 Å². The van der Waals surface area contributed by atoms with Gasteiger partial charge in [0.1, 0.15) is 12.1 Å². The van der Waals surface area contributed by atoms with Gasteiger partial charge in [0.25, 0.3) is 0 Å². The smallest absolute Gasteiger partial charge is 0.246 e. The Balaban J connectivity index is 0.000000241. The summed E-state index contributed by atoms with van der Waals surface area (Å²) in [7, 11) is 1.00. The Morgan fingerprint density at radius 1 is 1.17 bits per heavy atom. The van der Waals surface area contributed by atoms with Crippen LogP contribution in [0.5, 0.6) is 0 Å². The van der Waals surface area contributed by atoms with Gasteiger partial charge < -0.3 is 21.1 Å². The molecule has 2 aromatic rings. The van der Waals surface area contributed by atoms with Gasteiger partial charge in [-0.25, -0.2) is 4.98 Å². The van der Waals surface area contributed by atoms with Crippen LogP contribution in [0.4, 0.5) is 0 Å². The van der Waals surface area contributed by atoms with Crippen LogP contribution in [0.1, 0.15) is 63.8 Å². The van der Waals surface area contributed by atoms with E-state index in [2.05, 4.69) is 35.4 Å². The van der Waals surface area contributed by atoms with E-state index in [0.29, 0.717) is 13.0 Å². The molecule has 0 bridgehead atoms. The third kappa shape index (κ3) is 7.36. The van der Waals surface area contributed by atoms with Gasteiger partial charge >= 0.3 is 0 Å². The van der Waals surface area contributed by atoms with Crippen LogP contribution in [0.25, 0.3) is 10.4 Å². The molecule has 8 nitrogen and oxygen atoms in total. The van der Waals surface area contributed by atoms with E-state index in [-0.39, 0.29) is 11.8 Å². The van der Waals surface area contributed by atoms with Gasteiger partial charge in [0.2, 0.25) is 17.7 Å². The van der Waals surface area contributed by atoms with Crippen LogP contribution >= 0.6 is 11.3 Å². The van der Waals surface area contributed by atoms with E-state index in [4.69, 9.17) is 10.8 Å². The summed E-state index contributed by atoms with van der Waals surface area (Å²) in [6, 6.07) is 5.68. The van der Waals surface area contributed by atoms with E-state index in [1.807, 2.05) is 26.3 Å². The summed E-state index contributed by atoms with van der Waals surface area (Å²) in [5, 5.41) is 9.67. The van der Waals surface area contributed by atoms with E-state index < -0.39 is 23.4 Å². The fourth-order valence-electron chi connectivity index (χ4n) is 4.64. The normalized spacial score (nSPS) is 17.2. The standard InChI is InChI=1S/C13H23N3O3.C13H13NS.CH4O/c1-8(17)15-10(13(2,3)4)12(19)16-7-5-6-9(16)11(14)18;1-9-13(15-8-14-9)12-6-5-10-3-2-4-11(10)7-12;1-2/h9-10H,5-7H2,1-4H3,(H2,14,18)(H,15,17);5-8H,2-4H2,1H3;2H,1H3. The van der Waals surface area contributed by atoms with Crippen molar-refractivity contribution in [3.05, 3.63) is 40.5 Å². The number of nitrogens with one attached hydrogen (secondary N) is 1. The van der Waals surface area contributed by atoms with Crippen molar-refractivity contribution in [3.63, 3.8) is 0 Å². The highest BCUT2D eigenvalue weighted by atomic mass is 32.1. The predicted molar refractivity (Wildman–Crippen MR) is 143 cm³/mol. The monoisotopic (exact) mass is 516 g/mol. The summed E-state index contributed by atoms with van der Waals surface area (Å²) in [5.74, 6) is -0.978. The first-order valence-corrected chi connectivity index (χ1v) is 13.2. The average molecular weight is 517 g/mol. The molecule has 1 fully saturated rings. The summed E-state index contributed by atoms with van der Waals surface area (Å²) in [6.07, 6.45) is 5.19. The number of rotatable bonds is 4. The molecule has 1 aliphatic heterocycles. The molecular weight excluding hydrogens is 476 g/mol. The number of aryl methyl sites for hydroxylation is 3. The van der Waals surface area contributed by atoms with Crippen molar-refractivity contribution in [1.29, 1.82) is 0 Å². The summed E-state index contributed by atoms with van der Waals surface area (Å²) >= 11 is 1.74. The third-order valence-electron chi connectivity index (χ3n) is 6.43. The number of carbonyl (C=O) groups excluding carboxylic acids is 3. The van der Waals surface area contributed by atoms with E-state index >= 15 is 0 Å². The van der Waals surface area contributed by atoms with Crippen molar-refractivity contribution < 1.29 is 19.5 Å². The first kappa shape index (κ1) is 29.5. The lowest BCUT2D eigenvalue weighted by Gasteiger charge is -2.34. The van der Waals surface area contributed by atoms with Gasteiger partial charge in [-0.05, 0) is 61.1 Å². The van der Waals surface area contributed by atoms with Crippen LogP contribution in [0.2, 0.25) is 0 Å². The number of fused-ring (bicyclic) bond motifs is 1. The Labute approximate surface area is 218 Å². The second-order valence-electron chi connectivity index (χ2n) is 10.2. The van der Waals surface area contributed by atoms with Crippen molar-refractivity contribution >= 4 is 29.1 Å². The topological polar surface area (TPSA) is 126 Å². The van der Waals surface area contributed by atoms with Crippen LogP contribution in [-0.2, 0) is 27.2 Å². The van der Waals surface area contributed by atoms with Crippen molar-refractivity contribution in [3.8, 4) is 10.4 Å². The summed E-state index contributed by atoms with van der Waals surface area (Å²) in [4.78, 5) is 42.3. The Kier molecular flexibility index (Phi) is 10.6. The maximum atomic E-state index is 12.5. The molecule has 2 heterocycles. The number of aliphatic hydroxyl groups is 1. The number of aromatic nitrogens is 1. The molecule has 0 radical (unpaired) electrons. The lowest BCUT2D eigenvalue weighted by Crippen LogP contribution is -2.57. The zero-order chi connectivity index (χ0) is 27.0. The molecule has 2 unspecified atom stereocenters. The number of amides is 3. The highest BCUT2D eigenvalue weighted by molar-refractivity contribution is 7.13. The van der Waals surface area contributed by atoms with Gasteiger partial charge in [-0.3, -0.25) is 14.4 Å². The number of benzene rings is 1. The van der Waals surface area contributed by atoms with Crippen LogP contribution < -0.4 is 11.1 Å². The van der Waals surface area contributed by atoms with Crippen LogP contribution in [0.3, 0.4) is 0 Å². The van der Waals surface area contributed by atoms with Gasteiger partial charge in [-0.15, -0.1) is 11.3 Å². The fraction of sp³-hybridized carbons (Fsp3) is 0.556. The second kappa shape index (κ2) is 13.0. The minimum absolute atomic E-state index is 0.232. The molecule has 36 heavy (non-hydrogen) atoms. The predicted octanol–water partition coefficient (Wildman–Crippen LogP) is 3.23. The Morgan fingerprint density at radius 2 is 1.83 bits per heavy atom. The molecule has 198 valence electrons. The molecule has 3 amide bonds. The molecule has 0 saturated carbocycles. The first-order valence-electron chi connectivity index (χ1n) is 12.3. The highest BCUT2D eigenvalue weighted by Gasteiger charge is 2.40. The maximum absolute atomic E-state index is 12.5. The van der Waals surface area contributed by atoms with Crippen LogP contribution in [-0.4, -0.2) is 58.5 Å². The number of nitrogens with zero attached hydrogens (tertiary/aromatic N) is 2. The van der Waals surface area contributed by atoms with Crippen molar-refractivity contribution in [2.75, 3.05) is 13.7 Å². The number of hydrogen-bond donors (Lipinski definition) is 3. The Hall–Kier alpha value is -2.78. The van der Waals surface area contributed by atoms with E-state index in [1.54, 1.807) is 22.5 Å². The molecule has 1 aliphatic carbocycles. The number of likely N-dealkylation sites (tertiary alicyclic amines) is 1. The van der Waals surface area contributed by atoms with E-state index in [0.717, 1.165) is 19.2 Å². The lowest BCUT2D eigenvalue weighted by molar-refractivity contribution is -0.142. The number of primary amides is 1. The molecule has 0 spiro atoms. The van der Waals surface area contributed by atoms with Crippen LogP contribution in [0, 0.1) is 12.3 Å². The largest absolute Gasteiger partial charge is 0.400 e. The number of nitrogens with two attached hydrogens (primary N) is 1. The molecule has 2 atom stereocenters. The fourth-order valence-corrected chi connectivity index (χ4v) is 5.44. The number of aliphatic hydroxyl groups excluding tert-OH is 1. The van der Waals surface area contributed by atoms with Gasteiger partial charge in [0.05, 0.1) is 16.1 Å². The van der Waals surface area contributed by atoms with Gasteiger partial charge in [-0.2, -0.15) is 0 Å². The quantitative estimate of drug-likeness (QED) is 0.575. The Bertz CT molecular complexity index is 1060. The minimum atomic E-state index is -0.648. The van der Waals surface area contributed by atoms with E-state index in [9.17, 15) is 14.4 Å². The van der Waals surface area contributed by atoms with Gasteiger partial charge in [0.15, 0.2) is 0 Å². The number of hydrogen-bond acceptors (Lipinski definition) is 6. The molecule has 4 N–H and O–H groups in total. The second-order valence-corrected chi connectivity index (χ2v) is 11.1. The minimum Gasteiger partial charge on any atom is -0.400 e. The molecule has 1 aromatic carbocycles. The zero-order valence-electron chi connectivity index (χ0n) is 22.3.